The van der Waals surface area contributed by atoms with E-state index in [2.05, 4.69) is 10.1 Å². The molecule has 0 unspecified atom stereocenters. The van der Waals surface area contributed by atoms with Gasteiger partial charge >= 0.3 is 0 Å². The van der Waals surface area contributed by atoms with Crippen molar-refractivity contribution in [1.82, 2.24) is 15.2 Å². The van der Waals surface area contributed by atoms with Crippen molar-refractivity contribution in [3.05, 3.63) is 29.8 Å². The van der Waals surface area contributed by atoms with E-state index in [9.17, 15) is 22.0 Å². The molecule has 0 aliphatic heterocycles. The Morgan fingerprint density at radius 2 is 1.95 bits per heavy atom. The molecule has 21 heavy (non-hydrogen) atoms. The van der Waals surface area contributed by atoms with Crippen LogP contribution in [0.5, 0.6) is 0 Å². The van der Waals surface area contributed by atoms with Crippen molar-refractivity contribution in [2.75, 3.05) is 20.6 Å². The first-order chi connectivity index (χ1) is 9.72. The van der Waals surface area contributed by atoms with Crippen molar-refractivity contribution in [1.29, 1.82) is 0 Å². The highest BCUT2D eigenvalue weighted by Gasteiger charge is 2.19. The van der Waals surface area contributed by atoms with E-state index in [0.29, 0.717) is 6.07 Å². The molecule has 0 radical (unpaired) electrons. The van der Waals surface area contributed by atoms with Crippen LogP contribution in [0, 0.1) is 11.6 Å². The number of carbonyl (C=O) groups is 1. The second-order valence-corrected chi connectivity index (χ2v) is 6.24. The van der Waals surface area contributed by atoms with E-state index < -0.39 is 26.6 Å². The number of nitrogens with one attached hydrogen (secondary N) is 2. The largest absolute Gasteiger partial charge is 0.289 e. The summed E-state index contributed by atoms with van der Waals surface area (Å²) in [7, 11) is -0.761. The van der Waals surface area contributed by atoms with Gasteiger partial charge in [0, 0.05) is 33.1 Å². The summed E-state index contributed by atoms with van der Waals surface area (Å²) in [6.45, 7) is -0.0278. The number of hydrogen-bond donors (Lipinski definition) is 2. The van der Waals surface area contributed by atoms with E-state index in [1.165, 1.54) is 5.01 Å². The molecule has 118 valence electrons. The maximum Gasteiger partial charge on any atom is 0.243 e. The fourth-order valence-electron chi connectivity index (χ4n) is 1.53. The van der Waals surface area contributed by atoms with Gasteiger partial charge in [-0.2, -0.15) is 0 Å². The monoisotopic (exact) mass is 321 g/mol. The van der Waals surface area contributed by atoms with Crippen molar-refractivity contribution < 1.29 is 22.0 Å². The third-order valence-corrected chi connectivity index (χ3v) is 3.90. The van der Waals surface area contributed by atoms with Crippen LogP contribution < -0.4 is 10.1 Å². The quantitative estimate of drug-likeness (QED) is 0.570. The van der Waals surface area contributed by atoms with E-state index in [1.807, 2.05) is 0 Å². The molecule has 0 aliphatic carbocycles. The summed E-state index contributed by atoms with van der Waals surface area (Å²) in [5, 5.41) is 1.47. The average Bonchev–Trinajstić information content (AvgIpc) is 2.33. The summed E-state index contributed by atoms with van der Waals surface area (Å²) >= 11 is 0. The predicted molar refractivity (Wildman–Crippen MR) is 72.6 cm³/mol. The van der Waals surface area contributed by atoms with Gasteiger partial charge in [0.25, 0.3) is 0 Å². The molecule has 0 saturated carbocycles. The zero-order chi connectivity index (χ0) is 16.0. The first kappa shape index (κ1) is 17.5. The maximum atomic E-state index is 13.4. The normalized spacial score (nSPS) is 11.7. The molecule has 1 amide bonds. The molecule has 1 rings (SSSR count). The lowest BCUT2D eigenvalue weighted by molar-refractivity contribution is -0.124. The molecule has 0 heterocycles. The van der Waals surface area contributed by atoms with Crippen LogP contribution in [0.25, 0.3) is 0 Å². The first-order valence-corrected chi connectivity index (χ1v) is 7.62. The summed E-state index contributed by atoms with van der Waals surface area (Å²) in [4.78, 5) is 10.7. The maximum absolute atomic E-state index is 13.4. The zero-order valence-corrected chi connectivity index (χ0v) is 12.5. The Bertz CT molecular complexity index is 606. The minimum Gasteiger partial charge on any atom is -0.289 e. The van der Waals surface area contributed by atoms with Gasteiger partial charge in [0.2, 0.25) is 15.9 Å². The van der Waals surface area contributed by atoms with Crippen molar-refractivity contribution >= 4 is 15.9 Å². The van der Waals surface area contributed by atoms with E-state index >= 15 is 0 Å². The lowest BCUT2D eigenvalue weighted by atomic mass is 10.3. The summed E-state index contributed by atoms with van der Waals surface area (Å²) in [6, 6.07) is 2.22. The summed E-state index contributed by atoms with van der Waals surface area (Å²) < 4.78 is 51.9. The Kier molecular flexibility index (Phi) is 6.19. The predicted octanol–water partition coefficient (Wildman–Crippen LogP) is 0.616. The van der Waals surface area contributed by atoms with Gasteiger partial charge in [-0.3, -0.25) is 10.2 Å². The number of carbonyl (C=O) groups excluding carboxylic acids is 1. The first-order valence-electron chi connectivity index (χ1n) is 6.14. The highest BCUT2D eigenvalue weighted by atomic mass is 32.2. The smallest absolute Gasteiger partial charge is 0.243 e. The lowest BCUT2D eigenvalue weighted by Crippen LogP contribution is -2.36. The third kappa shape index (κ3) is 5.74. The van der Waals surface area contributed by atoms with E-state index in [4.69, 9.17) is 0 Å². The number of amides is 1. The molecule has 0 saturated heterocycles. The van der Waals surface area contributed by atoms with Crippen molar-refractivity contribution in [3.8, 4) is 0 Å². The number of rotatable bonds is 7. The van der Waals surface area contributed by atoms with Crippen molar-refractivity contribution in [2.45, 2.75) is 17.7 Å². The van der Waals surface area contributed by atoms with E-state index in [-0.39, 0.29) is 25.3 Å². The van der Waals surface area contributed by atoms with Crippen LogP contribution in [0.2, 0.25) is 0 Å². The van der Waals surface area contributed by atoms with Gasteiger partial charge in [0.05, 0.1) is 0 Å². The van der Waals surface area contributed by atoms with Crippen LogP contribution in [0.1, 0.15) is 12.8 Å². The average molecular weight is 321 g/mol. The third-order valence-electron chi connectivity index (χ3n) is 2.40. The second kappa shape index (κ2) is 7.43. The molecule has 2 N–H and O–H groups in total. The number of hydrazine groups is 1. The Labute approximate surface area is 122 Å². The molecular formula is C12H17F2N3O3S. The SMILES string of the molecule is CN(C)NC(=O)CCCNS(=O)(=O)c1ccc(F)cc1F. The van der Waals surface area contributed by atoms with E-state index in [1.54, 1.807) is 14.1 Å². The standard InChI is InChI=1S/C12H17F2N3O3S/c1-17(2)16-12(18)4-3-7-15-21(19,20)11-6-5-9(13)8-10(11)14/h5-6,8,15H,3-4,7H2,1-2H3,(H,16,18). The second-order valence-electron chi connectivity index (χ2n) is 4.51. The summed E-state index contributed by atoms with van der Waals surface area (Å²) in [6.07, 6.45) is 0.369. The van der Waals surface area contributed by atoms with Crippen LogP contribution >= 0.6 is 0 Å². The van der Waals surface area contributed by atoms with Crippen molar-refractivity contribution in [3.63, 3.8) is 0 Å². The Morgan fingerprint density at radius 3 is 2.52 bits per heavy atom. The number of benzene rings is 1. The van der Waals surface area contributed by atoms with Gasteiger partial charge in [-0.05, 0) is 18.6 Å². The van der Waals surface area contributed by atoms with Gasteiger partial charge in [0.15, 0.2) is 0 Å². The Hall–Kier alpha value is -1.58. The van der Waals surface area contributed by atoms with E-state index in [0.717, 1.165) is 12.1 Å². The topological polar surface area (TPSA) is 78.5 Å². The molecule has 0 aliphatic rings. The molecule has 0 aromatic heterocycles. The van der Waals surface area contributed by atoms with Crippen LogP contribution in [-0.4, -0.2) is 40.0 Å². The summed E-state index contributed by atoms with van der Waals surface area (Å²) in [5.74, 6) is -2.27. The van der Waals surface area contributed by atoms with Gasteiger partial charge in [0.1, 0.15) is 16.5 Å². The minimum absolute atomic E-state index is 0.0278. The zero-order valence-electron chi connectivity index (χ0n) is 11.7. The molecule has 0 bridgehead atoms. The minimum atomic E-state index is -4.06. The molecule has 6 nitrogen and oxygen atoms in total. The number of sulfonamides is 1. The highest BCUT2D eigenvalue weighted by Crippen LogP contribution is 2.15. The number of hydrogen-bond acceptors (Lipinski definition) is 4. The molecule has 9 heteroatoms. The Balaban J connectivity index is 2.52. The van der Waals surface area contributed by atoms with Gasteiger partial charge in [-0.15, -0.1) is 0 Å². The fourth-order valence-corrected chi connectivity index (χ4v) is 2.66. The Morgan fingerprint density at radius 1 is 1.29 bits per heavy atom. The van der Waals surface area contributed by atoms with Crippen LogP contribution in [-0.2, 0) is 14.8 Å². The van der Waals surface area contributed by atoms with Gasteiger partial charge in [-0.25, -0.2) is 26.9 Å². The molecule has 0 spiro atoms. The molecular weight excluding hydrogens is 304 g/mol. The van der Waals surface area contributed by atoms with Crippen LogP contribution in [0.4, 0.5) is 8.78 Å². The molecule has 1 aromatic carbocycles. The number of halogens is 2. The highest BCUT2D eigenvalue weighted by molar-refractivity contribution is 7.89. The van der Waals surface area contributed by atoms with Gasteiger partial charge in [-0.1, -0.05) is 0 Å². The lowest BCUT2D eigenvalue weighted by Gasteiger charge is -2.12. The summed E-state index contributed by atoms with van der Waals surface area (Å²) in [5.41, 5.74) is 2.50. The van der Waals surface area contributed by atoms with Crippen LogP contribution in [0.15, 0.2) is 23.1 Å². The van der Waals surface area contributed by atoms with Gasteiger partial charge < -0.3 is 0 Å². The van der Waals surface area contributed by atoms with Crippen molar-refractivity contribution in [2.24, 2.45) is 0 Å². The fraction of sp³-hybridized carbons (Fsp3) is 0.417. The molecule has 0 atom stereocenters. The van der Waals surface area contributed by atoms with Crippen LogP contribution in [0.3, 0.4) is 0 Å². The molecule has 0 fully saturated rings. The molecule has 1 aromatic rings. The number of nitrogens with zero attached hydrogens (tertiary/aromatic N) is 1.